The van der Waals surface area contributed by atoms with Crippen LogP contribution in [0, 0.1) is 0 Å². The zero-order valence-corrected chi connectivity index (χ0v) is 15.3. The molecule has 2 aliphatic rings. The zero-order valence-electron chi connectivity index (χ0n) is 15.3. The number of piperazine rings is 1. The normalized spacial score (nSPS) is 20.6. The molecule has 1 saturated heterocycles. The number of aryl methyl sites for hydroxylation is 2. The maximum absolute atomic E-state index is 12.5. The van der Waals surface area contributed by atoms with Crippen LogP contribution in [0.3, 0.4) is 0 Å². The number of pyridine rings is 1. The van der Waals surface area contributed by atoms with Gasteiger partial charge in [-0.2, -0.15) is 0 Å². The van der Waals surface area contributed by atoms with Crippen molar-refractivity contribution >= 4 is 5.91 Å². The lowest BCUT2D eigenvalue weighted by Gasteiger charge is -2.41. The topological polar surface area (TPSA) is 36.4 Å². The number of fused-ring (bicyclic) bond motifs is 1. The van der Waals surface area contributed by atoms with Crippen molar-refractivity contribution in [1.29, 1.82) is 0 Å². The Kier molecular flexibility index (Phi) is 5.30. The van der Waals surface area contributed by atoms with Gasteiger partial charge in [-0.3, -0.25) is 14.7 Å². The molecule has 0 radical (unpaired) electrons. The Labute approximate surface area is 155 Å². The molecular formula is C22H27N3O. The van der Waals surface area contributed by atoms with Gasteiger partial charge in [-0.15, -0.1) is 0 Å². The van der Waals surface area contributed by atoms with Crippen LogP contribution < -0.4 is 0 Å². The van der Waals surface area contributed by atoms with Crippen molar-refractivity contribution in [2.75, 3.05) is 26.2 Å². The second kappa shape index (κ2) is 8.00. The van der Waals surface area contributed by atoms with Crippen LogP contribution in [0.15, 0.2) is 48.7 Å². The molecule has 1 amide bonds. The van der Waals surface area contributed by atoms with E-state index in [1.165, 1.54) is 24.0 Å². The van der Waals surface area contributed by atoms with E-state index in [0.29, 0.717) is 12.5 Å². The molecule has 4 heteroatoms. The summed E-state index contributed by atoms with van der Waals surface area (Å²) in [6.07, 6.45) is 6.67. The van der Waals surface area contributed by atoms with Crippen molar-refractivity contribution in [3.05, 3.63) is 65.5 Å². The van der Waals surface area contributed by atoms with E-state index in [0.717, 1.165) is 44.7 Å². The highest BCUT2D eigenvalue weighted by atomic mass is 16.2. The van der Waals surface area contributed by atoms with Crippen LogP contribution in [0.5, 0.6) is 0 Å². The molecule has 2 aromatic rings. The van der Waals surface area contributed by atoms with Crippen LogP contribution in [0.2, 0.25) is 0 Å². The van der Waals surface area contributed by atoms with Gasteiger partial charge in [0.25, 0.3) is 0 Å². The average molecular weight is 349 g/mol. The highest BCUT2D eigenvalue weighted by molar-refractivity contribution is 5.76. The third kappa shape index (κ3) is 3.96. The van der Waals surface area contributed by atoms with E-state index in [4.69, 9.17) is 0 Å². The molecule has 26 heavy (non-hydrogen) atoms. The molecule has 1 aliphatic heterocycles. The summed E-state index contributed by atoms with van der Waals surface area (Å²) in [6.45, 7) is 3.72. The fraction of sp³-hybridized carbons (Fsp3) is 0.455. The number of carbonyl (C=O) groups excluding carboxylic acids is 1. The molecule has 1 aromatic heterocycles. The van der Waals surface area contributed by atoms with Crippen LogP contribution in [0.1, 0.15) is 29.7 Å². The molecule has 4 nitrogen and oxygen atoms in total. The maximum Gasteiger partial charge on any atom is 0.223 e. The lowest BCUT2D eigenvalue weighted by molar-refractivity contribution is -0.133. The Morgan fingerprint density at radius 3 is 2.54 bits per heavy atom. The number of rotatable bonds is 4. The molecule has 1 fully saturated rings. The average Bonchev–Trinajstić information content (AvgIpc) is 2.72. The monoisotopic (exact) mass is 349 g/mol. The summed E-state index contributed by atoms with van der Waals surface area (Å²) in [7, 11) is 0. The van der Waals surface area contributed by atoms with Gasteiger partial charge in [0, 0.05) is 50.5 Å². The molecule has 2 heterocycles. The first-order valence-corrected chi connectivity index (χ1v) is 9.78. The molecule has 4 rings (SSSR count). The third-order valence-electron chi connectivity index (χ3n) is 5.83. The summed E-state index contributed by atoms with van der Waals surface area (Å²) >= 11 is 0. The summed E-state index contributed by atoms with van der Waals surface area (Å²) in [5.74, 6) is 0.268. The van der Waals surface area contributed by atoms with Gasteiger partial charge < -0.3 is 4.90 Å². The Balaban J connectivity index is 1.26. The summed E-state index contributed by atoms with van der Waals surface area (Å²) in [5.41, 5.74) is 4.03. The molecule has 1 unspecified atom stereocenters. The van der Waals surface area contributed by atoms with Gasteiger partial charge in [0.05, 0.1) is 0 Å². The van der Waals surface area contributed by atoms with Crippen molar-refractivity contribution in [1.82, 2.24) is 14.8 Å². The number of carbonyl (C=O) groups is 1. The molecule has 0 spiro atoms. The predicted molar refractivity (Wildman–Crippen MR) is 103 cm³/mol. The second-order valence-corrected chi connectivity index (χ2v) is 7.40. The van der Waals surface area contributed by atoms with Gasteiger partial charge >= 0.3 is 0 Å². The van der Waals surface area contributed by atoms with Gasteiger partial charge in [0.15, 0.2) is 0 Å². The summed E-state index contributed by atoms with van der Waals surface area (Å²) in [6, 6.07) is 15.4. The van der Waals surface area contributed by atoms with E-state index in [1.807, 2.05) is 23.1 Å². The van der Waals surface area contributed by atoms with E-state index < -0.39 is 0 Å². The quantitative estimate of drug-likeness (QED) is 0.852. The minimum atomic E-state index is 0.268. The molecule has 0 saturated carbocycles. The van der Waals surface area contributed by atoms with Crippen molar-refractivity contribution < 1.29 is 4.79 Å². The van der Waals surface area contributed by atoms with Gasteiger partial charge in [-0.1, -0.05) is 30.3 Å². The van der Waals surface area contributed by atoms with Gasteiger partial charge in [0.1, 0.15) is 0 Å². The van der Waals surface area contributed by atoms with E-state index in [1.54, 1.807) is 6.20 Å². The van der Waals surface area contributed by atoms with Crippen LogP contribution in [0.25, 0.3) is 0 Å². The summed E-state index contributed by atoms with van der Waals surface area (Å²) in [4.78, 5) is 21.4. The fourth-order valence-electron chi connectivity index (χ4n) is 4.27. The minimum Gasteiger partial charge on any atom is -0.340 e. The smallest absolute Gasteiger partial charge is 0.223 e. The standard InChI is InChI=1S/C22H27N3O/c26-22(11-9-20-7-3-4-12-23-20)25-15-13-24(14-16-25)21-10-8-18-5-1-2-6-19(18)17-21/h1-7,12,21H,8-11,13-17H2. The first kappa shape index (κ1) is 17.2. The number of amides is 1. The number of benzene rings is 1. The van der Waals surface area contributed by atoms with Crippen LogP contribution >= 0.6 is 0 Å². The first-order chi connectivity index (χ1) is 12.8. The molecule has 1 atom stereocenters. The largest absolute Gasteiger partial charge is 0.340 e. The molecule has 136 valence electrons. The maximum atomic E-state index is 12.5. The lowest BCUT2D eigenvalue weighted by atomic mass is 9.87. The van der Waals surface area contributed by atoms with Gasteiger partial charge in [-0.25, -0.2) is 0 Å². The highest BCUT2D eigenvalue weighted by Gasteiger charge is 2.28. The van der Waals surface area contributed by atoms with E-state index in [9.17, 15) is 4.79 Å². The summed E-state index contributed by atoms with van der Waals surface area (Å²) in [5, 5.41) is 0. The van der Waals surface area contributed by atoms with Crippen LogP contribution in [-0.4, -0.2) is 52.9 Å². The zero-order chi connectivity index (χ0) is 17.8. The molecule has 0 N–H and O–H groups in total. The lowest BCUT2D eigenvalue weighted by Crippen LogP contribution is -2.53. The minimum absolute atomic E-state index is 0.268. The molecule has 1 aromatic carbocycles. The van der Waals surface area contributed by atoms with Crippen molar-refractivity contribution in [3.8, 4) is 0 Å². The van der Waals surface area contributed by atoms with Crippen molar-refractivity contribution in [3.63, 3.8) is 0 Å². The number of nitrogens with zero attached hydrogens (tertiary/aromatic N) is 3. The Bertz CT molecular complexity index is 738. The second-order valence-electron chi connectivity index (χ2n) is 7.40. The Morgan fingerprint density at radius 1 is 1.00 bits per heavy atom. The first-order valence-electron chi connectivity index (χ1n) is 9.78. The van der Waals surface area contributed by atoms with E-state index in [2.05, 4.69) is 34.1 Å². The van der Waals surface area contributed by atoms with Gasteiger partial charge in [0.2, 0.25) is 5.91 Å². The van der Waals surface area contributed by atoms with Gasteiger partial charge in [-0.05, 0) is 48.9 Å². The van der Waals surface area contributed by atoms with Crippen LogP contribution in [0.4, 0.5) is 0 Å². The Morgan fingerprint density at radius 2 is 1.77 bits per heavy atom. The summed E-state index contributed by atoms with van der Waals surface area (Å²) < 4.78 is 0. The highest BCUT2D eigenvalue weighted by Crippen LogP contribution is 2.25. The Hall–Kier alpha value is -2.20. The molecular weight excluding hydrogens is 322 g/mol. The van der Waals surface area contributed by atoms with E-state index in [-0.39, 0.29) is 5.91 Å². The number of hydrogen-bond donors (Lipinski definition) is 0. The van der Waals surface area contributed by atoms with E-state index >= 15 is 0 Å². The predicted octanol–water partition coefficient (Wildman–Crippen LogP) is 2.72. The van der Waals surface area contributed by atoms with Crippen molar-refractivity contribution in [2.24, 2.45) is 0 Å². The SMILES string of the molecule is O=C(CCc1ccccn1)N1CCN(C2CCc3ccccc3C2)CC1. The van der Waals surface area contributed by atoms with Crippen LogP contribution in [-0.2, 0) is 24.1 Å². The number of aromatic nitrogens is 1. The fourth-order valence-corrected chi connectivity index (χ4v) is 4.27. The molecule has 1 aliphatic carbocycles. The number of hydrogen-bond acceptors (Lipinski definition) is 3. The molecule has 0 bridgehead atoms. The van der Waals surface area contributed by atoms with Crippen molar-refractivity contribution in [2.45, 2.75) is 38.1 Å². The third-order valence-corrected chi connectivity index (χ3v) is 5.83.